The van der Waals surface area contributed by atoms with Crippen molar-refractivity contribution < 1.29 is 18.3 Å². The molecule has 6 nitrogen and oxygen atoms in total. The molecule has 0 saturated carbocycles. The van der Waals surface area contributed by atoms with Crippen LogP contribution in [0.25, 0.3) is 11.5 Å². The Morgan fingerprint density at radius 1 is 1.00 bits per heavy atom. The Morgan fingerprint density at radius 3 is 2.70 bits per heavy atom. The average Bonchev–Trinajstić information content (AvgIpc) is 3.32. The number of halogens is 1. The van der Waals surface area contributed by atoms with Crippen molar-refractivity contribution in [2.75, 3.05) is 13.7 Å². The summed E-state index contributed by atoms with van der Waals surface area (Å²) in [6.07, 6.45) is 0.817. The van der Waals surface area contributed by atoms with Crippen molar-refractivity contribution in [2.24, 2.45) is 0 Å². The van der Waals surface area contributed by atoms with Crippen LogP contribution in [0.4, 0.5) is 4.39 Å². The highest BCUT2D eigenvalue weighted by Gasteiger charge is 2.29. The van der Waals surface area contributed by atoms with E-state index in [0.717, 1.165) is 23.5 Å². The molecule has 1 aromatic heterocycles. The number of hydrogen-bond donors (Lipinski definition) is 0. The second kappa shape index (κ2) is 9.42. The summed E-state index contributed by atoms with van der Waals surface area (Å²) in [7, 11) is 1.66. The van der Waals surface area contributed by atoms with E-state index in [0.29, 0.717) is 37.0 Å². The van der Waals surface area contributed by atoms with Crippen molar-refractivity contribution in [3.63, 3.8) is 0 Å². The monoisotopic (exact) mass is 445 g/mol. The van der Waals surface area contributed by atoms with Crippen molar-refractivity contribution in [3.8, 4) is 23.0 Å². The van der Waals surface area contributed by atoms with Crippen LogP contribution in [0.2, 0.25) is 0 Å². The normalized spacial score (nSPS) is 15.2. The fourth-order valence-electron chi connectivity index (χ4n) is 4.18. The highest BCUT2D eigenvalue weighted by atomic mass is 19.1. The van der Waals surface area contributed by atoms with Crippen molar-refractivity contribution in [2.45, 2.75) is 25.6 Å². The lowest BCUT2D eigenvalue weighted by Crippen LogP contribution is -2.32. The molecule has 0 aliphatic carbocycles. The van der Waals surface area contributed by atoms with Crippen LogP contribution in [-0.4, -0.2) is 28.8 Å². The smallest absolute Gasteiger partial charge is 0.247 e. The van der Waals surface area contributed by atoms with E-state index in [1.165, 1.54) is 17.7 Å². The first kappa shape index (κ1) is 21.2. The molecule has 0 radical (unpaired) electrons. The molecular weight excluding hydrogens is 421 g/mol. The minimum absolute atomic E-state index is 0.0774. The van der Waals surface area contributed by atoms with Crippen molar-refractivity contribution >= 4 is 0 Å². The number of fused-ring (bicyclic) bond motifs is 1. The van der Waals surface area contributed by atoms with Gasteiger partial charge in [0.1, 0.15) is 17.3 Å². The van der Waals surface area contributed by atoms with E-state index >= 15 is 0 Å². The topological polar surface area (TPSA) is 60.6 Å². The summed E-state index contributed by atoms with van der Waals surface area (Å²) in [6, 6.07) is 22.4. The Kier molecular flexibility index (Phi) is 6.04. The van der Waals surface area contributed by atoms with Crippen LogP contribution in [0.5, 0.6) is 11.5 Å². The third-order valence-electron chi connectivity index (χ3n) is 5.77. The molecule has 1 aliphatic rings. The lowest BCUT2D eigenvalue weighted by Gasteiger charge is -2.35. The van der Waals surface area contributed by atoms with Gasteiger partial charge in [-0.05, 0) is 42.0 Å². The molecule has 1 atom stereocenters. The number of benzene rings is 3. The largest absolute Gasteiger partial charge is 0.497 e. The summed E-state index contributed by atoms with van der Waals surface area (Å²) in [5.41, 5.74) is 2.81. The van der Waals surface area contributed by atoms with Crippen LogP contribution >= 0.6 is 0 Å². The Balaban J connectivity index is 1.46. The fraction of sp³-hybridized carbons (Fsp3) is 0.231. The molecule has 0 fully saturated rings. The van der Waals surface area contributed by atoms with Crippen LogP contribution < -0.4 is 9.47 Å². The zero-order valence-electron chi connectivity index (χ0n) is 18.3. The number of ether oxygens (including phenoxy) is 2. The van der Waals surface area contributed by atoms with Gasteiger partial charge in [0.15, 0.2) is 0 Å². The lowest BCUT2D eigenvalue weighted by molar-refractivity contribution is 0.116. The number of rotatable bonds is 7. The quantitative estimate of drug-likeness (QED) is 0.379. The van der Waals surface area contributed by atoms with Crippen LogP contribution in [-0.2, 0) is 13.1 Å². The van der Waals surface area contributed by atoms with Crippen LogP contribution in [0.1, 0.15) is 29.5 Å². The summed E-state index contributed by atoms with van der Waals surface area (Å²) in [4.78, 5) is 2.30. The third kappa shape index (κ3) is 4.73. The number of methoxy groups -OCH3 is 1. The van der Waals surface area contributed by atoms with E-state index < -0.39 is 0 Å². The molecule has 4 aromatic rings. The summed E-state index contributed by atoms with van der Waals surface area (Å²) in [5, 5.41) is 8.40. The van der Waals surface area contributed by atoms with Crippen molar-refractivity contribution in [3.05, 3.63) is 95.6 Å². The van der Waals surface area contributed by atoms with Crippen molar-refractivity contribution in [1.29, 1.82) is 0 Å². The van der Waals surface area contributed by atoms with Gasteiger partial charge in [-0.1, -0.05) is 36.4 Å². The molecule has 0 N–H and O–H groups in total. The standard InChI is InChI=1S/C26H24FN3O3/c1-31-21-10-11-24-22(15-21)23(12-13-32-24)30(16-18-6-3-2-4-7-18)17-25-28-29-26(33-25)19-8-5-9-20(27)14-19/h2-11,14-15,23H,12-13,16-17H2,1H3/t23-/m1/s1. The summed E-state index contributed by atoms with van der Waals surface area (Å²) < 4.78 is 30.9. The highest BCUT2D eigenvalue weighted by Crippen LogP contribution is 2.39. The van der Waals surface area contributed by atoms with Crippen LogP contribution in [0.3, 0.4) is 0 Å². The first-order valence-electron chi connectivity index (χ1n) is 10.9. The molecule has 0 spiro atoms. The van der Waals surface area contributed by atoms with Gasteiger partial charge >= 0.3 is 0 Å². The maximum atomic E-state index is 13.6. The van der Waals surface area contributed by atoms with Gasteiger partial charge in [0.05, 0.1) is 20.3 Å². The zero-order chi connectivity index (χ0) is 22.6. The van der Waals surface area contributed by atoms with Gasteiger partial charge in [0.25, 0.3) is 0 Å². The van der Waals surface area contributed by atoms with E-state index in [2.05, 4.69) is 27.2 Å². The third-order valence-corrected chi connectivity index (χ3v) is 5.77. The summed E-state index contributed by atoms with van der Waals surface area (Å²) in [6.45, 7) is 1.76. The maximum absolute atomic E-state index is 13.6. The van der Waals surface area contributed by atoms with Gasteiger partial charge in [0.2, 0.25) is 11.8 Å². The number of aromatic nitrogens is 2. The van der Waals surface area contributed by atoms with Crippen molar-refractivity contribution in [1.82, 2.24) is 15.1 Å². The number of nitrogens with zero attached hydrogens (tertiary/aromatic N) is 3. The summed E-state index contributed by atoms with van der Waals surface area (Å²) >= 11 is 0. The molecule has 7 heteroatoms. The lowest BCUT2D eigenvalue weighted by atomic mass is 9.97. The van der Waals surface area contributed by atoms with E-state index in [4.69, 9.17) is 13.9 Å². The molecular formula is C26H24FN3O3. The Morgan fingerprint density at radius 2 is 1.88 bits per heavy atom. The SMILES string of the molecule is COc1ccc2c(c1)[C@H](N(Cc1ccccc1)Cc1nnc(-c3cccc(F)c3)o1)CCO2. The molecule has 2 heterocycles. The van der Waals surface area contributed by atoms with E-state index in [1.807, 2.05) is 36.4 Å². The molecule has 0 saturated heterocycles. The minimum Gasteiger partial charge on any atom is -0.497 e. The average molecular weight is 445 g/mol. The van der Waals surface area contributed by atoms with E-state index in [9.17, 15) is 4.39 Å². The highest BCUT2D eigenvalue weighted by molar-refractivity contribution is 5.52. The van der Waals surface area contributed by atoms with Gasteiger partial charge in [-0.2, -0.15) is 0 Å². The Labute approximate surface area is 191 Å². The minimum atomic E-state index is -0.342. The van der Waals surface area contributed by atoms with Crippen LogP contribution in [0, 0.1) is 5.82 Å². The van der Waals surface area contributed by atoms with Crippen LogP contribution in [0.15, 0.2) is 77.2 Å². The molecule has 1 aliphatic heterocycles. The number of hydrogen-bond acceptors (Lipinski definition) is 6. The predicted octanol–water partition coefficient (Wildman–Crippen LogP) is 5.41. The van der Waals surface area contributed by atoms with Gasteiger partial charge < -0.3 is 13.9 Å². The van der Waals surface area contributed by atoms with Gasteiger partial charge in [-0.3, -0.25) is 4.90 Å². The van der Waals surface area contributed by atoms with E-state index in [1.54, 1.807) is 19.2 Å². The Hall–Kier alpha value is -3.71. The predicted molar refractivity (Wildman–Crippen MR) is 121 cm³/mol. The molecule has 0 unspecified atom stereocenters. The summed E-state index contributed by atoms with van der Waals surface area (Å²) in [5.74, 6) is 2.08. The maximum Gasteiger partial charge on any atom is 0.247 e. The first-order valence-corrected chi connectivity index (χ1v) is 10.9. The van der Waals surface area contributed by atoms with Gasteiger partial charge in [0, 0.05) is 30.1 Å². The Bertz CT molecular complexity index is 1230. The second-order valence-electron chi connectivity index (χ2n) is 7.96. The molecule has 168 valence electrons. The molecule has 5 rings (SSSR count). The molecule has 33 heavy (non-hydrogen) atoms. The van der Waals surface area contributed by atoms with Gasteiger partial charge in [-0.15, -0.1) is 10.2 Å². The zero-order valence-corrected chi connectivity index (χ0v) is 18.3. The van der Waals surface area contributed by atoms with Gasteiger partial charge in [-0.25, -0.2) is 4.39 Å². The van der Waals surface area contributed by atoms with E-state index in [-0.39, 0.29) is 11.9 Å². The fourth-order valence-corrected chi connectivity index (χ4v) is 4.18. The molecule has 3 aromatic carbocycles. The first-order chi connectivity index (χ1) is 16.2. The molecule has 0 amide bonds. The molecule has 0 bridgehead atoms. The second-order valence-corrected chi connectivity index (χ2v) is 7.96.